The molecule has 4 rings (SSSR count). The summed E-state index contributed by atoms with van der Waals surface area (Å²) in [6.45, 7) is 0. The quantitative estimate of drug-likeness (QED) is 0.0938. The number of hydrogen-bond acceptors (Lipinski definition) is 7. The van der Waals surface area contributed by atoms with E-state index in [9.17, 15) is 14.4 Å². The van der Waals surface area contributed by atoms with Crippen LogP contribution in [0.2, 0.25) is 15.1 Å². The molecule has 12 heteroatoms. The smallest absolute Gasteiger partial charge is 0.355 e. The van der Waals surface area contributed by atoms with Gasteiger partial charge in [0, 0.05) is 15.8 Å². The van der Waals surface area contributed by atoms with Gasteiger partial charge in [0.1, 0.15) is 4.88 Å². The van der Waals surface area contributed by atoms with Crippen LogP contribution in [-0.4, -0.2) is 31.1 Å². The molecule has 0 radical (unpaired) electrons. The molecule has 0 aliphatic rings. The van der Waals surface area contributed by atoms with Crippen molar-refractivity contribution in [3.05, 3.63) is 86.2 Å². The Hall–Kier alpha value is -3.63. The Morgan fingerprint density at radius 2 is 1.70 bits per heavy atom. The number of halogens is 3. The van der Waals surface area contributed by atoms with Crippen molar-refractivity contribution >= 4 is 85.9 Å². The highest BCUT2D eigenvalue weighted by Crippen LogP contribution is 2.37. The van der Waals surface area contributed by atoms with Crippen molar-refractivity contribution in [3.8, 4) is 11.5 Å². The molecule has 188 valence electrons. The summed E-state index contributed by atoms with van der Waals surface area (Å²) in [6, 6.07) is 16.4. The highest BCUT2D eigenvalue weighted by molar-refractivity contribution is 7.21. The Bertz CT molecular complexity index is 1550. The normalized spacial score (nSPS) is 10.9. The van der Waals surface area contributed by atoms with E-state index in [-0.39, 0.29) is 21.4 Å². The molecule has 0 unspecified atom stereocenters. The topological polar surface area (TPSA) is 106 Å². The van der Waals surface area contributed by atoms with Crippen LogP contribution in [0, 0.1) is 0 Å². The van der Waals surface area contributed by atoms with E-state index in [1.807, 2.05) is 24.3 Å². The van der Waals surface area contributed by atoms with E-state index in [4.69, 9.17) is 44.3 Å². The van der Waals surface area contributed by atoms with Crippen LogP contribution in [0.3, 0.4) is 0 Å². The molecule has 0 atom stereocenters. The largest absolute Gasteiger partial charge is 0.493 e. The van der Waals surface area contributed by atoms with Crippen LogP contribution in [0.25, 0.3) is 10.1 Å². The van der Waals surface area contributed by atoms with E-state index in [0.29, 0.717) is 21.3 Å². The molecule has 2 amide bonds. The maximum Gasteiger partial charge on any atom is 0.355 e. The maximum atomic E-state index is 12.8. The number of esters is 1. The molecule has 1 heterocycles. The third-order valence-electron chi connectivity index (χ3n) is 4.87. The molecule has 1 aromatic heterocycles. The molecule has 8 nitrogen and oxygen atoms in total. The van der Waals surface area contributed by atoms with Gasteiger partial charge in [0.25, 0.3) is 0 Å². The van der Waals surface area contributed by atoms with Crippen molar-refractivity contribution in [1.29, 1.82) is 0 Å². The lowest BCUT2D eigenvalue weighted by molar-refractivity contribution is -0.136. The SMILES string of the molecule is COc1cc(/C=N\NC(=O)C(=O)Nc2ccc(Cl)c(Cl)c2)ccc1OC(=O)c1sc2ccccc2c1Cl. The zero-order valence-corrected chi connectivity index (χ0v) is 22.0. The summed E-state index contributed by atoms with van der Waals surface area (Å²) >= 11 is 19.3. The number of methoxy groups -OCH3 is 1. The number of hydrazone groups is 1. The second-order valence-corrected chi connectivity index (χ2v) is 9.57. The van der Waals surface area contributed by atoms with E-state index in [0.717, 1.165) is 10.1 Å². The minimum atomic E-state index is -1.000. The molecule has 37 heavy (non-hydrogen) atoms. The average molecular weight is 577 g/mol. The summed E-state index contributed by atoms with van der Waals surface area (Å²) in [5.41, 5.74) is 2.92. The van der Waals surface area contributed by atoms with Crippen molar-refractivity contribution in [2.24, 2.45) is 5.10 Å². The number of fused-ring (bicyclic) bond motifs is 1. The van der Waals surface area contributed by atoms with Gasteiger partial charge < -0.3 is 14.8 Å². The summed E-state index contributed by atoms with van der Waals surface area (Å²) in [6.07, 6.45) is 1.29. The number of nitrogens with one attached hydrogen (secondary N) is 2. The van der Waals surface area contributed by atoms with Gasteiger partial charge in [-0.3, -0.25) is 9.59 Å². The van der Waals surface area contributed by atoms with Gasteiger partial charge in [0.05, 0.1) is 28.4 Å². The Morgan fingerprint density at radius 3 is 2.43 bits per heavy atom. The zero-order valence-electron chi connectivity index (χ0n) is 18.9. The Kier molecular flexibility index (Phi) is 8.30. The summed E-state index contributed by atoms with van der Waals surface area (Å²) in [5.74, 6) is -2.15. The van der Waals surface area contributed by atoms with Crippen molar-refractivity contribution in [1.82, 2.24) is 5.43 Å². The fourth-order valence-electron chi connectivity index (χ4n) is 3.12. The number of carbonyl (C=O) groups excluding carboxylic acids is 3. The lowest BCUT2D eigenvalue weighted by Crippen LogP contribution is -2.32. The molecular formula is C25H16Cl3N3O5S. The van der Waals surface area contributed by atoms with Crippen LogP contribution in [0.5, 0.6) is 11.5 Å². The monoisotopic (exact) mass is 575 g/mol. The number of ether oxygens (including phenoxy) is 2. The number of rotatable bonds is 6. The molecule has 2 N–H and O–H groups in total. The van der Waals surface area contributed by atoms with Gasteiger partial charge in [-0.05, 0) is 48.0 Å². The first-order valence-corrected chi connectivity index (χ1v) is 12.4. The van der Waals surface area contributed by atoms with Crippen molar-refractivity contribution < 1.29 is 23.9 Å². The minimum Gasteiger partial charge on any atom is -0.493 e. The van der Waals surface area contributed by atoms with Crippen LogP contribution in [-0.2, 0) is 9.59 Å². The van der Waals surface area contributed by atoms with Crippen LogP contribution in [0.1, 0.15) is 15.2 Å². The summed E-state index contributed by atoms with van der Waals surface area (Å²) in [7, 11) is 1.41. The average Bonchev–Trinajstić information content (AvgIpc) is 3.23. The Morgan fingerprint density at radius 1 is 0.919 bits per heavy atom. The van der Waals surface area contributed by atoms with Crippen molar-refractivity contribution in [3.63, 3.8) is 0 Å². The number of anilines is 1. The third-order valence-corrected chi connectivity index (χ3v) is 7.27. The van der Waals surface area contributed by atoms with E-state index in [1.165, 1.54) is 48.9 Å². The van der Waals surface area contributed by atoms with Crippen molar-refractivity contribution in [2.45, 2.75) is 0 Å². The lowest BCUT2D eigenvalue weighted by Gasteiger charge is -2.09. The molecule has 0 bridgehead atoms. The fraction of sp³-hybridized carbons (Fsp3) is 0.0400. The zero-order chi connectivity index (χ0) is 26.5. The predicted molar refractivity (Wildman–Crippen MR) is 146 cm³/mol. The Balaban J connectivity index is 1.39. The van der Waals surface area contributed by atoms with Gasteiger partial charge in [0.2, 0.25) is 0 Å². The van der Waals surface area contributed by atoms with Crippen LogP contribution < -0.4 is 20.2 Å². The first-order valence-electron chi connectivity index (χ1n) is 10.4. The fourth-order valence-corrected chi connectivity index (χ4v) is 4.80. The van der Waals surface area contributed by atoms with Gasteiger partial charge in [-0.2, -0.15) is 5.10 Å². The minimum absolute atomic E-state index is 0.170. The van der Waals surface area contributed by atoms with Gasteiger partial charge in [-0.15, -0.1) is 11.3 Å². The van der Waals surface area contributed by atoms with Gasteiger partial charge in [0.15, 0.2) is 11.5 Å². The molecule has 0 aliphatic carbocycles. The number of nitrogens with zero attached hydrogens (tertiary/aromatic N) is 1. The van der Waals surface area contributed by atoms with Crippen LogP contribution >= 0.6 is 46.1 Å². The van der Waals surface area contributed by atoms with Crippen LogP contribution in [0.4, 0.5) is 5.69 Å². The maximum absolute atomic E-state index is 12.8. The second-order valence-electron chi connectivity index (χ2n) is 7.32. The molecule has 0 aliphatic heterocycles. The molecule has 0 saturated carbocycles. The van der Waals surface area contributed by atoms with E-state index in [1.54, 1.807) is 12.1 Å². The first-order chi connectivity index (χ1) is 17.8. The summed E-state index contributed by atoms with van der Waals surface area (Å²) < 4.78 is 11.7. The molecular weight excluding hydrogens is 561 g/mol. The molecule has 0 saturated heterocycles. The van der Waals surface area contributed by atoms with Gasteiger partial charge >= 0.3 is 17.8 Å². The van der Waals surface area contributed by atoms with Crippen LogP contribution in [0.15, 0.2) is 65.8 Å². The molecule has 0 fully saturated rings. The summed E-state index contributed by atoms with van der Waals surface area (Å²) in [4.78, 5) is 37.1. The van der Waals surface area contributed by atoms with E-state index < -0.39 is 17.8 Å². The van der Waals surface area contributed by atoms with E-state index in [2.05, 4.69) is 15.8 Å². The highest BCUT2D eigenvalue weighted by atomic mass is 35.5. The predicted octanol–water partition coefficient (Wildman–Crippen LogP) is 6.18. The first kappa shape index (κ1) is 26.4. The van der Waals surface area contributed by atoms with Gasteiger partial charge in [-0.25, -0.2) is 10.2 Å². The highest BCUT2D eigenvalue weighted by Gasteiger charge is 2.20. The van der Waals surface area contributed by atoms with Gasteiger partial charge in [-0.1, -0.05) is 53.0 Å². The molecule has 3 aromatic carbocycles. The number of amides is 2. The second kappa shape index (κ2) is 11.6. The van der Waals surface area contributed by atoms with E-state index >= 15 is 0 Å². The molecule has 0 spiro atoms. The number of thiophene rings is 1. The number of hydrogen-bond donors (Lipinski definition) is 2. The number of carbonyl (C=O) groups is 3. The Labute approximate surface area is 229 Å². The molecule has 4 aromatic rings. The number of benzene rings is 3. The lowest BCUT2D eigenvalue weighted by atomic mass is 10.2. The standard InChI is InChI=1S/C25H16Cl3N3O5S/c1-35-19-10-13(12-29-31-24(33)23(32)30-14-7-8-16(26)17(27)11-14)6-9-18(19)36-25(34)22-21(28)15-4-2-3-5-20(15)37-22/h2-12H,1H3,(H,30,32)(H,31,33)/b29-12-. The summed E-state index contributed by atoms with van der Waals surface area (Å²) in [5, 5.41) is 7.80. The third kappa shape index (κ3) is 6.20. The van der Waals surface area contributed by atoms with Crippen molar-refractivity contribution in [2.75, 3.05) is 12.4 Å².